The van der Waals surface area contributed by atoms with Crippen molar-refractivity contribution >= 4 is 32.6 Å². The highest BCUT2D eigenvalue weighted by Crippen LogP contribution is 2.37. The molecule has 0 amide bonds. The number of aryl methyl sites for hydroxylation is 1. The van der Waals surface area contributed by atoms with Crippen molar-refractivity contribution in [3.8, 4) is 35.4 Å². The van der Waals surface area contributed by atoms with Crippen LogP contribution in [0.25, 0.3) is 44.0 Å². The van der Waals surface area contributed by atoms with Crippen molar-refractivity contribution in [2.45, 2.75) is 20.0 Å². The zero-order valence-corrected chi connectivity index (χ0v) is 18.1. The van der Waals surface area contributed by atoms with Crippen molar-refractivity contribution < 1.29 is 5.11 Å². The van der Waals surface area contributed by atoms with Gasteiger partial charge in [0.2, 0.25) is 0 Å². The van der Waals surface area contributed by atoms with Crippen molar-refractivity contribution in [2.24, 2.45) is 0 Å². The molecule has 156 valence electrons. The Kier molecular flexibility index (Phi) is 4.80. The normalized spacial score (nSPS) is 11.7. The van der Waals surface area contributed by atoms with Gasteiger partial charge in [-0.1, -0.05) is 47.7 Å². The van der Waals surface area contributed by atoms with Crippen LogP contribution in [0.3, 0.4) is 0 Å². The van der Waals surface area contributed by atoms with Crippen LogP contribution in [0.4, 0.5) is 0 Å². The van der Waals surface area contributed by atoms with E-state index < -0.39 is 6.10 Å². The fraction of sp³-hybridized carbons (Fsp3) is 0.107. The molecule has 4 aromatic carbocycles. The first-order valence-electron chi connectivity index (χ1n) is 10.5. The lowest BCUT2D eigenvalue weighted by Gasteiger charge is -2.08. The summed E-state index contributed by atoms with van der Waals surface area (Å²) in [4.78, 5) is 8.27. The summed E-state index contributed by atoms with van der Waals surface area (Å²) < 4.78 is 0. The average Bonchev–Trinajstić information content (AvgIpc) is 3.27. The zero-order chi connectivity index (χ0) is 23.1. The van der Waals surface area contributed by atoms with Gasteiger partial charge in [-0.2, -0.15) is 10.5 Å². The van der Waals surface area contributed by atoms with Crippen LogP contribution < -0.4 is 0 Å². The molecule has 1 heterocycles. The Labute approximate surface area is 190 Å². The number of imidazole rings is 1. The van der Waals surface area contributed by atoms with Crippen LogP contribution in [0.15, 0.2) is 54.6 Å². The number of aromatic amines is 1. The first-order chi connectivity index (χ1) is 16.0. The first-order valence-corrected chi connectivity index (χ1v) is 10.5. The smallest absolute Gasteiger partial charge is 0.141 e. The second-order valence-corrected chi connectivity index (χ2v) is 8.02. The van der Waals surface area contributed by atoms with Crippen LogP contribution >= 0.6 is 0 Å². The number of rotatable bonds is 1. The topological polar surface area (TPSA) is 96.5 Å². The highest BCUT2D eigenvalue weighted by Gasteiger charge is 2.18. The predicted octanol–water partition coefficient (Wildman–Crippen LogP) is 5.32. The molecule has 1 atom stereocenters. The molecule has 0 bridgehead atoms. The van der Waals surface area contributed by atoms with Crippen LogP contribution in [-0.4, -0.2) is 21.2 Å². The van der Waals surface area contributed by atoms with Crippen molar-refractivity contribution in [3.63, 3.8) is 0 Å². The van der Waals surface area contributed by atoms with E-state index in [1.807, 2.05) is 25.1 Å². The van der Waals surface area contributed by atoms with E-state index in [1.165, 1.54) is 0 Å². The number of H-pyrrole nitrogens is 1. The van der Waals surface area contributed by atoms with Gasteiger partial charge in [-0.25, -0.2) is 4.98 Å². The lowest BCUT2D eigenvalue weighted by molar-refractivity contribution is 0.253. The molecule has 0 saturated heterocycles. The number of nitrogens with one attached hydrogen (secondary N) is 1. The highest BCUT2D eigenvalue weighted by molar-refractivity contribution is 6.24. The summed E-state index contributed by atoms with van der Waals surface area (Å²) in [6.07, 6.45) is -0.703. The van der Waals surface area contributed by atoms with Gasteiger partial charge in [0.05, 0.1) is 39.9 Å². The summed E-state index contributed by atoms with van der Waals surface area (Å²) in [5, 5.41) is 32.8. The first kappa shape index (κ1) is 20.3. The molecule has 0 aliphatic carbocycles. The molecule has 2 N–H and O–H groups in total. The maximum absolute atomic E-state index is 9.64. The van der Waals surface area contributed by atoms with Crippen LogP contribution in [0.1, 0.15) is 29.2 Å². The van der Waals surface area contributed by atoms with Gasteiger partial charge in [0.1, 0.15) is 11.9 Å². The monoisotopic (exact) mass is 426 g/mol. The summed E-state index contributed by atoms with van der Waals surface area (Å²) in [6.45, 7) is 3.68. The average molecular weight is 426 g/mol. The van der Waals surface area contributed by atoms with Gasteiger partial charge in [0.25, 0.3) is 0 Å². The van der Waals surface area contributed by atoms with E-state index >= 15 is 0 Å². The summed E-state index contributed by atoms with van der Waals surface area (Å²) in [5.41, 5.74) is 4.86. The molecule has 5 nitrogen and oxygen atoms in total. The number of aliphatic hydroxyl groups is 1. The second-order valence-electron chi connectivity index (χ2n) is 8.02. The number of nitriles is 2. The minimum atomic E-state index is -0.703. The molecule has 0 aliphatic rings. The molecule has 5 heteroatoms. The van der Waals surface area contributed by atoms with Crippen molar-refractivity contribution in [1.82, 2.24) is 9.97 Å². The van der Waals surface area contributed by atoms with Crippen LogP contribution in [0.2, 0.25) is 0 Å². The van der Waals surface area contributed by atoms with Crippen LogP contribution in [-0.2, 0) is 0 Å². The molecule has 0 radical (unpaired) electrons. The second kappa shape index (κ2) is 7.81. The Morgan fingerprint density at radius 3 is 2.30 bits per heavy atom. The molecular weight excluding hydrogens is 408 g/mol. The molecule has 5 aromatic rings. The molecular formula is C28H18N4O. The van der Waals surface area contributed by atoms with Crippen molar-refractivity contribution in [3.05, 3.63) is 76.9 Å². The Balaban J connectivity index is 1.90. The van der Waals surface area contributed by atoms with Crippen molar-refractivity contribution in [1.29, 1.82) is 10.5 Å². The van der Waals surface area contributed by atoms with E-state index in [-0.39, 0.29) is 0 Å². The molecule has 0 saturated carbocycles. The SMILES string of the molecule is Cc1ccc2c(c1)c1cc(C#CC(C)O)ccc1c1nc(-c3c(C#N)cccc3C#N)[nH]c21. The number of hydrogen-bond donors (Lipinski definition) is 2. The fourth-order valence-electron chi connectivity index (χ4n) is 4.21. The van der Waals surface area contributed by atoms with Gasteiger partial charge in [0, 0.05) is 16.3 Å². The van der Waals surface area contributed by atoms with Crippen molar-refractivity contribution in [2.75, 3.05) is 0 Å². The van der Waals surface area contributed by atoms with Gasteiger partial charge in [-0.15, -0.1) is 0 Å². The van der Waals surface area contributed by atoms with E-state index in [9.17, 15) is 15.6 Å². The lowest BCUT2D eigenvalue weighted by Crippen LogP contribution is -1.92. The predicted molar refractivity (Wildman–Crippen MR) is 129 cm³/mol. The third kappa shape index (κ3) is 3.36. The Hall–Kier alpha value is -4.63. The lowest BCUT2D eigenvalue weighted by atomic mass is 9.97. The molecule has 0 spiro atoms. The molecule has 5 rings (SSSR count). The maximum Gasteiger partial charge on any atom is 0.141 e. The van der Waals surface area contributed by atoms with Gasteiger partial charge < -0.3 is 10.1 Å². The largest absolute Gasteiger partial charge is 0.381 e. The summed E-state index contributed by atoms with van der Waals surface area (Å²) in [7, 11) is 0. The number of aliphatic hydroxyl groups excluding tert-OH is 1. The number of hydrogen-bond acceptors (Lipinski definition) is 4. The molecule has 0 fully saturated rings. The Bertz CT molecular complexity index is 1700. The molecule has 0 aliphatic heterocycles. The van der Waals surface area contributed by atoms with Gasteiger partial charge in [-0.05, 0) is 48.9 Å². The number of fused-ring (bicyclic) bond motifs is 6. The number of nitrogens with zero attached hydrogens (tertiary/aromatic N) is 3. The van der Waals surface area contributed by atoms with Gasteiger partial charge in [0.15, 0.2) is 0 Å². The molecule has 33 heavy (non-hydrogen) atoms. The van der Waals surface area contributed by atoms with Crippen LogP contribution in [0, 0.1) is 41.4 Å². The number of aromatic nitrogens is 2. The fourth-order valence-corrected chi connectivity index (χ4v) is 4.21. The summed E-state index contributed by atoms with van der Waals surface area (Å²) >= 11 is 0. The Morgan fingerprint density at radius 1 is 0.909 bits per heavy atom. The summed E-state index contributed by atoms with van der Waals surface area (Å²) in [6, 6.07) is 21.6. The van der Waals surface area contributed by atoms with Gasteiger partial charge in [-0.3, -0.25) is 0 Å². The Morgan fingerprint density at radius 2 is 1.61 bits per heavy atom. The highest BCUT2D eigenvalue weighted by atomic mass is 16.3. The van der Waals surface area contributed by atoms with Crippen LogP contribution in [0.5, 0.6) is 0 Å². The summed E-state index contributed by atoms with van der Waals surface area (Å²) in [5.74, 6) is 6.31. The molecule has 1 aromatic heterocycles. The maximum atomic E-state index is 9.64. The molecule has 1 unspecified atom stereocenters. The third-order valence-electron chi connectivity index (χ3n) is 5.68. The zero-order valence-electron chi connectivity index (χ0n) is 18.1. The van der Waals surface area contributed by atoms with E-state index in [0.29, 0.717) is 22.5 Å². The quantitative estimate of drug-likeness (QED) is 0.280. The number of benzene rings is 4. The van der Waals surface area contributed by atoms with E-state index in [2.05, 4.69) is 47.2 Å². The van der Waals surface area contributed by atoms with E-state index in [1.54, 1.807) is 25.1 Å². The minimum Gasteiger partial charge on any atom is -0.381 e. The van der Waals surface area contributed by atoms with E-state index in [4.69, 9.17) is 4.98 Å². The standard InChI is InChI=1S/C28H18N4O/c1-16-6-10-21-23(12-16)24-13-18(8-7-17(2)33)9-11-22(24)27-26(21)31-28(32-27)25-19(14-29)4-3-5-20(25)15-30/h3-6,9-13,17,33H,1-2H3,(H,31,32). The minimum absolute atomic E-state index is 0.397. The van der Waals surface area contributed by atoms with Gasteiger partial charge >= 0.3 is 0 Å². The third-order valence-corrected chi connectivity index (χ3v) is 5.68. The van der Waals surface area contributed by atoms with E-state index in [0.717, 1.165) is 43.7 Å².